The van der Waals surface area contributed by atoms with Crippen LogP contribution >= 0.6 is 0 Å². The molecule has 1 aliphatic carbocycles. The lowest BCUT2D eigenvalue weighted by Crippen LogP contribution is -2.25. The molecule has 25 heavy (non-hydrogen) atoms. The molecule has 0 aliphatic heterocycles. The van der Waals surface area contributed by atoms with E-state index < -0.39 is 0 Å². The van der Waals surface area contributed by atoms with Crippen molar-refractivity contribution in [3.63, 3.8) is 0 Å². The van der Waals surface area contributed by atoms with Gasteiger partial charge in [-0.3, -0.25) is 4.79 Å². The normalized spacial score (nSPS) is 14.3. The van der Waals surface area contributed by atoms with Crippen LogP contribution in [0.3, 0.4) is 0 Å². The van der Waals surface area contributed by atoms with Crippen molar-refractivity contribution >= 4 is 5.91 Å². The molecule has 1 N–H and O–H groups in total. The first kappa shape index (κ1) is 19.5. The molecule has 0 atom stereocenters. The van der Waals surface area contributed by atoms with Crippen LogP contribution in [0.25, 0.3) is 0 Å². The minimum absolute atomic E-state index is 0.0368. The largest absolute Gasteiger partial charge is 0.494 e. The molecule has 1 aliphatic rings. The lowest BCUT2D eigenvalue weighted by Gasteiger charge is -2.15. The van der Waals surface area contributed by atoms with Crippen molar-refractivity contribution in [2.45, 2.75) is 65.6 Å². The van der Waals surface area contributed by atoms with E-state index in [1.165, 1.54) is 31.3 Å². The number of benzene rings is 1. The first-order valence-corrected chi connectivity index (χ1v) is 9.43. The van der Waals surface area contributed by atoms with Crippen molar-refractivity contribution in [1.29, 1.82) is 0 Å². The summed E-state index contributed by atoms with van der Waals surface area (Å²) in [5, 5.41) is 3.03. The summed E-state index contributed by atoms with van der Waals surface area (Å²) in [6.07, 6.45) is 8.34. The molecule has 0 spiro atoms. The van der Waals surface area contributed by atoms with Crippen LogP contribution in [0.5, 0.6) is 5.75 Å². The molecule has 0 saturated carbocycles. The fraction of sp³-hybridized carbons (Fsp3) is 0.571. The third-order valence-corrected chi connectivity index (χ3v) is 4.31. The smallest absolute Gasteiger partial charge is 0.251 e. The summed E-state index contributed by atoms with van der Waals surface area (Å²) in [7, 11) is 0. The van der Waals surface area contributed by atoms with Crippen molar-refractivity contribution < 1.29 is 14.3 Å². The van der Waals surface area contributed by atoms with Gasteiger partial charge in [-0.15, -0.1) is 0 Å². The van der Waals surface area contributed by atoms with Crippen LogP contribution in [0.4, 0.5) is 0 Å². The second-order valence-electron chi connectivity index (χ2n) is 6.73. The highest BCUT2D eigenvalue weighted by atomic mass is 16.5. The van der Waals surface area contributed by atoms with Gasteiger partial charge < -0.3 is 14.8 Å². The topological polar surface area (TPSA) is 47.6 Å². The van der Waals surface area contributed by atoms with Crippen LogP contribution in [0, 0.1) is 0 Å². The van der Waals surface area contributed by atoms with Gasteiger partial charge >= 0.3 is 0 Å². The molecule has 138 valence electrons. The predicted octanol–water partition coefficient (Wildman–Crippen LogP) is 4.63. The number of rotatable bonds is 9. The average molecular weight is 345 g/mol. The van der Waals surface area contributed by atoms with E-state index in [0.29, 0.717) is 25.3 Å². The molecule has 1 aromatic carbocycles. The van der Waals surface area contributed by atoms with Crippen molar-refractivity contribution in [3.05, 3.63) is 41.0 Å². The molecule has 4 nitrogen and oxygen atoms in total. The summed E-state index contributed by atoms with van der Waals surface area (Å²) in [5.41, 5.74) is 3.05. The maximum absolute atomic E-state index is 12.4. The molecule has 0 radical (unpaired) electrons. The standard InChI is InChI=1S/C21H31NO3/c1-4-24-20-11-10-18(14-19(20)15-25-16(2)3)21(23)22-13-12-17-8-6-5-7-9-17/h8,10-11,14,16H,4-7,9,12-13,15H2,1-3H3,(H,22,23). The number of carbonyl (C=O) groups is 1. The molecule has 4 heteroatoms. The van der Waals surface area contributed by atoms with E-state index in [1.807, 2.05) is 39.0 Å². The summed E-state index contributed by atoms with van der Waals surface area (Å²) in [6.45, 7) is 7.67. The Kier molecular flexibility index (Phi) is 7.99. The summed E-state index contributed by atoms with van der Waals surface area (Å²) < 4.78 is 11.3. The number of ether oxygens (including phenoxy) is 2. The monoisotopic (exact) mass is 345 g/mol. The van der Waals surface area contributed by atoms with Crippen molar-refractivity contribution in [2.24, 2.45) is 0 Å². The summed E-state index contributed by atoms with van der Waals surface area (Å²) in [6, 6.07) is 5.56. The van der Waals surface area contributed by atoms with Crippen LogP contribution in [-0.4, -0.2) is 25.2 Å². The minimum Gasteiger partial charge on any atom is -0.494 e. The van der Waals surface area contributed by atoms with E-state index in [1.54, 1.807) is 0 Å². The highest BCUT2D eigenvalue weighted by molar-refractivity contribution is 5.94. The number of hydrogen-bond acceptors (Lipinski definition) is 3. The highest BCUT2D eigenvalue weighted by Crippen LogP contribution is 2.22. The molecule has 0 bridgehead atoms. The molecule has 0 fully saturated rings. The maximum Gasteiger partial charge on any atom is 0.251 e. The van der Waals surface area contributed by atoms with Crippen LogP contribution in [-0.2, 0) is 11.3 Å². The molecule has 0 heterocycles. The lowest BCUT2D eigenvalue weighted by molar-refractivity contribution is 0.0641. The minimum atomic E-state index is -0.0368. The van der Waals surface area contributed by atoms with E-state index in [9.17, 15) is 4.79 Å². The quantitative estimate of drug-likeness (QED) is 0.664. The number of allylic oxidation sites excluding steroid dienone is 1. The van der Waals surface area contributed by atoms with E-state index >= 15 is 0 Å². The number of nitrogens with one attached hydrogen (secondary N) is 1. The van der Waals surface area contributed by atoms with Gasteiger partial charge in [0.05, 0.1) is 19.3 Å². The van der Waals surface area contributed by atoms with Crippen LogP contribution in [0.15, 0.2) is 29.8 Å². The van der Waals surface area contributed by atoms with Gasteiger partial charge in [0.25, 0.3) is 5.91 Å². The number of hydrogen-bond donors (Lipinski definition) is 1. The first-order chi connectivity index (χ1) is 12.1. The van der Waals surface area contributed by atoms with Crippen molar-refractivity contribution in [3.8, 4) is 5.75 Å². The van der Waals surface area contributed by atoms with E-state index in [0.717, 1.165) is 17.7 Å². The Balaban J connectivity index is 1.95. The Morgan fingerprint density at radius 2 is 2.12 bits per heavy atom. The van der Waals surface area contributed by atoms with Gasteiger partial charge in [0.15, 0.2) is 0 Å². The highest BCUT2D eigenvalue weighted by Gasteiger charge is 2.12. The van der Waals surface area contributed by atoms with E-state index in [4.69, 9.17) is 9.47 Å². The Hall–Kier alpha value is -1.81. The third kappa shape index (κ3) is 6.54. The lowest BCUT2D eigenvalue weighted by atomic mass is 9.97. The van der Waals surface area contributed by atoms with E-state index in [2.05, 4.69) is 11.4 Å². The summed E-state index contributed by atoms with van der Waals surface area (Å²) in [4.78, 5) is 12.4. The molecule has 1 aromatic rings. The summed E-state index contributed by atoms with van der Waals surface area (Å²) in [5.74, 6) is 0.748. The molecular formula is C21H31NO3. The van der Waals surface area contributed by atoms with Gasteiger partial charge in [-0.1, -0.05) is 11.6 Å². The second kappa shape index (κ2) is 10.2. The Morgan fingerprint density at radius 3 is 2.80 bits per heavy atom. The van der Waals surface area contributed by atoms with Gasteiger partial charge in [-0.25, -0.2) is 0 Å². The van der Waals surface area contributed by atoms with Crippen LogP contribution < -0.4 is 10.1 Å². The zero-order chi connectivity index (χ0) is 18.1. The second-order valence-corrected chi connectivity index (χ2v) is 6.73. The van der Waals surface area contributed by atoms with Crippen LogP contribution in [0.1, 0.15) is 68.8 Å². The maximum atomic E-state index is 12.4. The van der Waals surface area contributed by atoms with Crippen molar-refractivity contribution in [1.82, 2.24) is 5.32 Å². The molecular weight excluding hydrogens is 314 g/mol. The fourth-order valence-electron chi connectivity index (χ4n) is 2.96. The number of amides is 1. The first-order valence-electron chi connectivity index (χ1n) is 9.43. The zero-order valence-corrected chi connectivity index (χ0v) is 15.8. The Labute approximate surface area is 151 Å². The van der Waals surface area contributed by atoms with Gasteiger partial charge in [0, 0.05) is 17.7 Å². The van der Waals surface area contributed by atoms with Gasteiger partial charge in [0.2, 0.25) is 0 Å². The van der Waals surface area contributed by atoms with Gasteiger partial charge in [-0.05, 0) is 71.1 Å². The molecule has 1 amide bonds. The SMILES string of the molecule is CCOc1ccc(C(=O)NCCC2=CCCCC2)cc1COC(C)C. The predicted molar refractivity (Wildman–Crippen MR) is 101 cm³/mol. The molecule has 0 unspecified atom stereocenters. The van der Waals surface area contributed by atoms with Crippen molar-refractivity contribution in [2.75, 3.05) is 13.2 Å². The summed E-state index contributed by atoms with van der Waals surface area (Å²) >= 11 is 0. The number of carbonyl (C=O) groups excluding carboxylic acids is 1. The van der Waals surface area contributed by atoms with Gasteiger partial charge in [-0.2, -0.15) is 0 Å². The molecule has 0 aromatic heterocycles. The van der Waals surface area contributed by atoms with Gasteiger partial charge in [0.1, 0.15) is 5.75 Å². The molecule has 0 saturated heterocycles. The molecule has 2 rings (SSSR count). The van der Waals surface area contributed by atoms with E-state index in [-0.39, 0.29) is 12.0 Å². The average Bonchev–Trinajstić information content (AvgIpc) is 2.61. The van der Waals surface area contributed by atoms with Crippen LogP contribution in [0.2, 0.25) is 0 Å². The zero-order valence-electron chi connectivity index (χ0n) is 15.8. The fourth-order valence-corrected chi connectivity index (χ4v) is 2.96. The third-order valence-electron chi connectivity index (χ3n) is 4.31. The Morgan fingerprint density at radius 1 is 1.28 bits per heavy atom. The Bertz CT molecular complexity index is 593.